The minimum atomic E-state index is -0.485. The van der Waals surface area contributed by atoms with Crippen molar-refractivity contribution < 1.29 is 13.9 Å². The Balaban J connectivity index is 2.12. The van der Waals surface area contributed by atoms with E-state index in [1.165, 1.54) is 13.2 Å². The Kier molecular flexibility index (Phi) is 3.26. The number of aryl methyl sites for hydroxylation is 1. The molecule has 2 heterocycles. The summed E-state index contributed by atoms with van der Waals surface area (Å²) in [6, 6.07) is 3.21. The van der Waals surface area contributed by atoms with Crippen LogP contribution in [0.3, 0.4) is 0 Å². The first-order valence-corrected chi connectivity index (χ1v) is 5.57. The summed E-state index contributed by atoms with van der Waals surface area (Å²) in [5, 5.41) is 0. The molecule has 1 aliphatic heterocycles. The molecule has 0 radical (unpaired) electrons. The number of rotatable bonds is 2. The average molecular weight is 238 g/mol. The predicted octanol–water partition coefficient (Wildman–Crippen LogP) is 1.53. The SMILES string of the molecule is COC(=O)[C@H]1CCN(c2cc(C)cc(F)n2)C1. The molecule has 4 nitrogen and oxygen atoms in total. The van der Waals surface area contributed by atoms with Crippen molar-refractivity contribution in [3.63, 3.8) is 0 Å². The van der Waals surface area contributed by atoms with Crippen LogP contribution in [-0.4, -0.2) is 31.2 Å². The van der Waals surface area contributed by atoms with E-state index in [-0.39, 0.29) is 11.9 Å². The molecule has 0 aliphatic carbocycles. The number of ether oxygens (including phenoxy) is 1. The standard InChI is InChI=1S/C12H15FN2O2/c1-8-5-10(13)14-11(6-8)15-4-3-9(7-15)12(16)17-2/h5-6,9H,3-4,7H2,1-2H3/t9-/m0/s1. The molecule has 0 aromatic carbocycles. The number of aromatic nitrogens is 1. The number of carbonyl (C=O) groups excluding carboxylic acids is 1. The summed E-state index contributed by atoms with van der Waals surface area (Å²) in [5.74, 6) is -0.235. The number of hydrogen-bond donors (Lipinski definition) is 0. The second-order valence-electron chi connectivity index (χ2n) is 4.28. The molecule has 0 N–H and O–H groups in total. The topological polar surface area (TPSA) is 42.4 Å². The van der Waals surface area contributed by atoms with Gasteiger partial charge in [-0.25, -0.2) is 4.98 Å². The van der Waals surface area contributed by atoms with Crippen molar-refractivity contribution in [1.29, 1.82) is 0 Å². The first-order chi connectivity index (χ1) is 8.10. The Morgan fingerprint density at radius 1 is 1.59 bits per heavy atom. The molecule has 1 fully saturated rings. The molecule has 5 heteroatoms. The van der Waals surface area contributed by atoms with Crippen molar-refractivity contribution in [2.75, 3.05) is 25.1 Å². The van der Waals surface area contributed by atoms with E-state index in [9.17, 15) is 9.18 Å². The summed E-state index contributed by atoms with van der Waals surface area (Å²) in [6.45, 7) is 3.07. The molecule has 0 bridgehead atoms. The lowest BCUT2D eigenvalue weighted by molar-refractivity contribution is -0.144. The number of hydrogen-bond acceptors (Lipinski definition) is 4. The lowest BCUT2D eigenvalue weighted by Crippen LogP contribution is -2.24. The maximum atomic E-state index is 13.2. The molecule has 0 saturated carbocycles. The van der Waals surface area contributed by atoms with Crippen LogP contribution in [0.25, 0.3) is 0 Å². The molecule has 0 spiro atoms. The van der Waals surface area contributed by atoms with Crippen LogP contribution in [0.1, 0.15) is 12.0 Å². The van der Waals surface area contributed by atoms with E-state index >= 15 is 0 Å². The number of esters is 1. The van der Waals surface area contributed by atoms with E-state index < -0.39 is 5.95 Å². The van der Waals surface area contributed by atoms with E-state index in [1.54, 1.807) is 0 Å². The maximum Gasteiger partial charge on any atom is 0.310 e. The Labute approximate surface area is 99.4 Å². The summed E-state index contributed by atoms with van der Waals surface area (Å²) in [4.78, 5) is 17.1. The van der Waals surface area contributed by atoms with Crippen LogP contribution in [0.2, 0.25) is 0 Å². The highest BCUT2D eigenvalue weighted by Crippen LogP contribution is 2.23. The number of carbonyl (C=O) groups is 1. The van der Waals surface area contributed by atoms with Crippen LogP contribution in [0.15, 0.2) is 12.1 Å². The molecule has 1 aromatic rings. The first-order valence-electron chi connectivity index (χ1n) is 5.57. The summed E-state index contributed by atoms with van der Waals surface area (Å²) in [5.41, 5.74) is 0.828. The molecule has 2 rings (SSSR count). The molecular weight excluding hydrogens is 223 g/mol. The van der Waals surface area contributed by atoms with Crippen LogP contribution in [0.5, 0.6) is 0 Å². The zero-order chi connectivity index (χ0) is 12.4. The van der Waals surface area contributed by atoms with Crippen molar-refractivity contribution in [3.05, 3.63) is 23.6 Å². The van der Waals surface area contributed by atoms with E-state index in [0.29, 0.717) is 18.9 Å². The molecule has 0 unspecified atom stereocenters. The summed E-state index contributed by atoms with van der Waals surface area (Å²) in [6.07, 6.45) is 0.726. The minimum absolute atomic E-state index is 0.134. The van der Waals surface area contributed by atoms with Crippen LogP contribution in [0, 0.1) is 18.8 Å². The smallest absolute Gasteiger partial charge is 0.310 e. The second-order valence-corrected chi connectivity index (χ2v) is 4.28. The van der Waals surface area contributed by atoms with Gasteiger partial charge in [-0.05, 0) is 31.0 Å². The Morgan fingerprint density at radius 3 is 3.00 bits per heavy atom. The van der Waals surface area contributed by atoms with Gasteiger partial charge in [-0.2, -0.15) is 4.39 Å². The fourth-order valence-corrected chi connectivity index (χ4v) is 2.10. The average Bonchev–Trinajstić information content (AvgIpc) is 2.76. The largest absolute Gasteiger partial charge is 0.469 e. The van der Waals surface area contributed by atoms with Crippen LogP contribution in [-0.2, 0) is 9.53 Å². The second kappa shape index (κ2) is 4.69. The number of nitrogens with zero attached hydrogens (tertiary/aromatic N) is 2. The van der Waals surface area contributed by atoms with Crippen molar-refractivity contribution in [3.8, 4) is 0 Å². The molecule has 0 amide bonds. The molecule has 17 heavy (non-hydrogen) atoms. The van der Waals surface area contributed by atoms with Crippen molar-refractivity contribution in [2.45, 2.75) is 13.3 Å². The van der Waals surface area contributed by atoms with Gasteiger partial charge in [-0.3, -0.25) is 4.79 Å². The molecular formula is C12H15FN2O2. The van der Waals surface area contributed by atoms with E-state index in [1.807, 2.05) is 17.9 Å². The number of pyridine rings is 1. The number of anilines is 1. The Morgan fingerprint density at radius 2 is 2.35 bits per heavy atom. The molecule has 92 valence electrons. The van der Waals surface area contributed by atoms with E-state index in [2.05, 4.69) is 4.98 Å². The highest BCUT2D eigenvalue weighted by Gasteiger charge is 2.29. The van der Waals surface area contributed by atoms with Gasteiger partial charge >= 0.3 is 5.97 Å². The third kappa shape index (κ3) is 2.54. The first kappa shape index (κ1) is 11.8. The van der Waals surface area contributed by atoms with Crippen LogP contribution in [0.4, 0.5) is 10.2 Å². The quantitative estimate of drug-likeness (QED) is 0.579. The van der Waals surface area contributed by atoms with Gasteiger partial charge in [-0.15, -0.1) is 0 Å². The van der Waals surface area contributed by atoms with E-state index in [0.717, 1.165) is 12.0 Å². The predicted molar refractivity (Wildman–Crippen MR) is 61.3 cm³/mol. The van der Waals surface area contributed by atoms with Gasteiger partial charge in [0.25, 0.3) is 0 Å². The number of halogens is 1. The third-order valence-corrected chi connectivity index (χ3v) is 2.97. The van der Waals surface area contributed by atoms with Crippen molar-refractivity contribution in [1.82, 2.24) is 4.98 Å². The lowest BCUT2D eigenvalue weighted by Gasteiger charge is -2.17. The Hall–Kier alpha value is -1.65. The molecule has 1 aliphatic rings. The fraction of sp³-hybridized carbons (Fsp3) is 0.500. The van der Waals surface area contributed by atoms with Gasteiger partial charge in [-0.1, -0.05) is 0 Å². The molecule has 1 saturated heterocycles. The zero-order valence-electron chi connectivity index (χ0n) is 9.94. The van der Waals surface area contributed by atoms with Gasteiger partial charge in [0.2, 0.25) is 5.95 Å². The zero-order valence-corrected chi connectivity index (χ0v) is 9.94. The van der Waals surface area contributed by atoms with Gasteiger partial charge in [0.1, 0.15) is 5.82 Å². The third-order valence-electron chi connectivity index (χ3n) is 2.97. The normalized spacial score (nSPS) is 19.5. The van der Waals surface area contributed by atoms with E-state index in [4.69, 9.17) is 4.74 Å². The van der Waals surface area contributed by atoms with Gasteiger partial charge in [0.05, 0.1) is 13.0 Å². The summed E-state index contributed by atoms with van der Waals surface area (Å²) < 4.78 is 17.9. The fourth-order valence-electron chi connectivity index (χ4n) is 2.10. The highest BCUT2D eigenvalue weighted by molar-refractivity contribution is 5.74. The monoisotopic (exact) mass is 238 g/mol. The van der Waals surface area contributed by atoms with Crippen LogP contribution >= 0.6 is 0 Å². The van der Waals surface area contributed by atoms with Crippen molar-refractivity contribution >= 4 is 11.8 Å². The molecule has 1 aromatic heterocycles. The van der Waals surface area contributed by atoms with Gasteiger partial charge in [0.15, 0.2) is 0 Å². The summed E-state index contributed by atoms with van der Waals surface area (Å²) >= 11 is 0. The highest BCUT2D eigenvalue weighted by atomic mass is 19.1. The minimum Gasteiger partial charge on any atom is -0.469 e. The van der Waals surface area contributed by atoms with Crippen molar-refractivity contribution in [2.24, 2.45) is 5.92 Å². The Bertz CT molecular complexity index is 416. The lowest BCUT2D eigenvalue weighted by atomic mass is 10.1. The summed E-state index contributed by atoms with van der Waals surface area (Å²) in [7, 11) is 1.38. The molecule has 1 atom stereocenters. The maximum absolute atomic E-state index is 13.2. The van der Waals surface area contributed by atoms with Gasteiger partial charge in [0, 0.05) is 13.1 Å². The number of methoxy groups -OCH3 is 1. The van der Waals surface area contributed by atoms with Gasteiger partial charge < -0.3 is 9.64 Å². The van der Waals surface area contributed by atoms with Crippen LogP contribution < -0.4 is 4.90 Å².